The van der Waals surface area contributed by atoms with E-state index in [9.17, 15) is 4.79 Å². The van der Waals surface area contributed by atoms with Crippen LogP contribution in [0.1, 0.15) is 6.42 Å². The lowest BCUT2D eigenvalue weighted by atomic mass is 10.4. The summed E-state index contributed by atoms with van der Waals surface area (Å²) >= 11 is 0. The van der Waals surface area contributed by atoms with E-state index in [4.69, 9.17) is 5.11 Å². The molecule has 0 fully saturated rings. The zero-order chi connectivity index (χ0) is 8.20. The molecule has 0 aliphatic rings. The van der Waals surface area contributed by atoms with Crippen LogP contribution in [0.3, 0.4) is 0 Å². The first kappa shape index (κ1) is 13.3. The van der Waals surface area contributed by atoms with Gasteiger partial charge >= 0.3 is 5.97 Å². The molecule has 0 aliphatic heterocycles. The van der Waals surface area contributed by atoms with Crippen molar-refractivity contribution in [2.75, 3.05) is 27.7 Å². The van der Waals surface area contributed by atoms with Gasteiger partial charge in [-0.3, -0.25) is 9.39 Å². The highest BCUT2D eigenvalue weighted by Gasteiger charge is 2.05. The molecule has 5 heteroatoms. The van der Waals surface area contributed by atoms with Gasteiger partial charge < -0.3 is 17.5 Å². The summed E-state index contributed by atoms with van der Waals surface area (Å²) in [4.78, 5) is 10.0. The van der Waals surface area contributed by atoms with Crippen LogP contribution < -0.4 is 17.8 Å². The lowest BCUT2D eigenvalue weighted by molar-refractivity contribution is -0.915. The van der Waals surface area contributed by atoms with Gasteiger partial charge in [0, 0.05) is 0 Å². The molecule has 0 aromatic rings. The van der Waals surface area contributed by atoms with Crippen molar-refractivity contribution < 1.29 is 26.9 Å². The van der Waals surface area contributed by atoms with Crippen molar-refractivity contribution >= 4 is 5.97 Å². The molecular formula is C6H15ClN2O2. The summed E-state index contributed by atoms with van der Waals surface area (Å²) in [5, 5.41) is 8.26. The summed E-state index contributed by atoms with van der Waals surface area (Å²) in [6, 6.07) is 0. The molecule has 11 heavy (non-hydrogen) atoms. The molecule has 0 rings (SSSR count). The monoisotopic (exact) mass is 182 g/mol. The Balaban J connectivity index is 0. The number of hydrogen-bond donors (Lipinski definition) is 2. The number of halogens is 1. The zero-order valence-corrected chi connectivity index (χ0v) is 7.85. The standard InChI is InChI=1S/C6H14N2O2.ClH/c1-8(2,3)7-5-4-6(9)10;/h7H,4-5H2,1-3H3;1H. The summed E-state index contributed by atoms with van der Waals surface area (Å²) in [6.45, 7) is 0.513. The lowest BCUT2D eigenvalue weighted by Gasteiger charge is -2.23. The van der Waals surface area contributed by atoms with E-state index in [0.717, 1.165) is 0 Å². The Morgan fingerprint density at radius 1 is 1.45 bits per heavy atom. The summed E-state index contributed by atoms with van der Waals surface area (Å²) in [5.41, 5.74) is 3.01. The summed E-state index contributed by atoms with van der Waals surface area (Å²) in [6.07, 6.45) is 0.176. The molecule has 0 amide bonds. The first-order valence-corrected chi connectivity index (χ1v) is 3.20. The van der Waals surface area contributed by atoms with Crippen molar-refractivity contribution in [3.05, 3.63) is 0 Å². The van der Waals surface area contributed by atoms with Gasteiger partial charge in [-0.1, -0.05) is 0 Å². The number of carboxylic acid groups (broad SMARTS) is 1. The molecule has 0 heterocycles. The van der Waals surface area contributed by atoms with Crippen LogP contribution in [0.4, 0.5) is 0 Å². The van der Waals surface area contributed by atoms with Crippen molar-refractivity contribution in [2.24, 2.45) is 0 Å². The normalized spacial score (nSPS) is 10.5. The maximum absolute atomic E-state index is 10.0. The number of nitrogens with zero attached hydrogens (tertiary/aromatic N) is 1. The minimum Gasteiger partial charge on any atom is -1.00 e. The number of rotatable bonds is 4. The second-order valence-corrected chi connectivity index (χ2v) is 3.06. The molecule has 68 valence electrons. The molecule has 0 radical (unpaired) electrons. The van der Waals surface area contributed by atoms with Crippen LogP contribution >= 0.6 is 0 Å². The fraction of sp³-hybridized carbons (Fsp3) is 0.833. The zero-order valence-electron chi connectivity index (χ0n) is 7.09. The highest BCUT2D eigenvalue weighted by molar-refractivity contribution is 5.66. The van der Waals surface area contributed by atoms with Gasteiger partial charge in [-0.15, -0.1) is 0 Å². The molecule has 0 spiro atoms. The number of hydrogen-bond acceptors (Lipinski definition) is 2. The lowest BCUT2D eigenvalue weighted by Crippen LogP contribution is -3.00. The van der Waals surface area contributed by atoms with Crippen molar-refractivity contribution in [1.82, 2.24) is 5.43 Å². The van der Waals surface area contributed by atoms with E-state index in [-0.39, 0.29) is 18.8 Å². The first-order chi connectivity index (χ1) is 4.42. The van der Waals surface area contributed by atoms with E-state index in [2.05, 4.69) is 5.43 Å². The van der Waals surface area contributed by atoms with Crippen molar-refractivity contribution in [2.45, 2.75) is 6.42 Å². The third-order valence-corrected chi connectivity index (χ3v) is 0.925. The summed E-state index contributed by atoms with van der Waals surface area (Å²) in [7, 11) is 5.84. The average Bonchev–Trinajstić information content (AvgIpc) is 1.59. The van der Waals surface area contributed by atoms with Gasteiger partial charge in [0.1, 0.15) is 0 Å². The van der Waals surface area contributed by atoms with E-state index < -0.39 is 5.97 Å². The van der Waals surface area contributed by atoms with E-state index in [1.807, 2.05) is 21.1 Å². The van der Waals surface area contributed by atoms with Crippen LogP contribution in [0, 0.1) is 0 Å². The maximum atomic E-state index is 10.0. The maximum Gasteiger partial charge on any atom is 0.304 e. The molecule has 0 aromatic heterocycles. The number of carboxylic acids is 1. The Labute approximate surface area is 73.2 Å². The molecule has 2 N–H and O–H groups in total. The van der Waals surface area contributed by atoms with Gasteiger partial charge in [-0.05, 0) is 0 Å². The molecule has 0 unspecified atom stereocenters. The van der Waals surface area contributed by atoms with Crippen molar-refractivity contribution in [1.29, 1.82) is 0 Å². The van der Waals surface area contributed by atoms with Crippen LogP contribution in [0.25, 0.3) is 0 Å². The molecule has 0 aliphatic carbocycles. The highest BCUT2D eigenvalue weighted by Crippen LogP contribution is 1.82. The topological polar surface area (TPSA) is 49.3 Å². The van der Waals surface area contributed by atoms with Gasteiger partial charge in [0.15, 0.2) is 0 Å². The number of carbonyl (C=O) groups is 1. The molecular weight excluding hydrogens is 168 g/mol. The number of aliphatic carboxylic acids is 1. The predicted octanol–water partition coefficient (Wildman–Crippen LogP) is -3.32. The minimum absolute atomic E-state index is 0. The van der Waals surface area contributed by atoms with E-state index in [0.29, 0.717) is 11.1 Å². The second-order valence-electron chi connectivity index (χ2n) is 3.06. The Morgan fingerprint density at radius 2 is 1.91 bits per heavy atom. The second kappa shape index (κ2) is 5.35. The third-order valence-electron chi connectivity index (χ3n) is 0.925. The van der Waals surface area contributed by atoms with Crippen LogP contribution in [0.5, 0.6) is 0 Å². The molecule has 0 aromatic carbocycles. The highest BCUT2D eigenvalue weighted by atomic mass is 35.5. The first-order valence-electron chi connectivity index (χ1n) is 3.20. The largest absolute Gasteiger partial charge is 1.00 e. The molecule has 0 atom stereocenters. The van der Waals surface area contributed by atoms with E-state index in [1.165, 1.54) is 0 Å². The SMILES string of the molecule is C[N+](C)(C)NCCC(=O)O.[Cl-]. The fourth-order valence-electron chi connectivity index (χ4n) is 0.498. The minimum atomic E-state index is -0.763. The number of quaternary nitrogens is 1. The number of nitrogens with one attached hydrogen (secondary N) is 1. The van der Waals surface area contributed by atoms with E-state index in [1.54, 1.807) is 0 Å². The molecule has 0 saturated heterocycles. The molecule has 0 saturated carbocycles. The van der Waals surface area contributed by atoms with Gasteiger partial charge in [-0.25, -0.2) is 0 Å². The van der Waals surface area contributed by atoms with Gasteiger partial charge in [-0.2, -0.15) is 5.43 Å². The fourth-order valence-corrected chi connectivity index (χ4v) is 0.498. The van der Waals surface area contributed by atoms with Gasteiger partial charge in [0.2, 0.25) is 0 Å². The summed E-state index contributed by atoms with van der Waals surface area (Å²) < 4.78 is 0.591. The Morgan fingerprint density at radius 3 is 2.18 bits per heavy atom. The third kappa shape index (κ3) is 12.8. The van der Waals surface area contributed by atoms with E-state index >= 15 is 0 Å². The average molecular weight is 183 g/mol. The summed E-state index contributed by atoms with van der Waals surface area (Å²) in [5.74, 6) is -0.763. The predicted molar refractivity (Wildman–Crippen MR) is 38.3 cm³/mol. The Kier molecular flexibility index (Phi) is 6.46. The van der Waals surface area contributed by atoms with Crippen molar-refractivity contribution in [3.8, 4) is 0 Å². The quantitative estimate of drug-likeness (QED) is 0.354. The Hall–Kier alpha value is -0.320. The molecule has 4 nitrogen and oxygen atoms in total. The Bertz CT molecular complexity index is 122. The van der Waals surface area contributed by atoms with Crippen LogP contribution in [0.15, 0.2) is 0 Å². The van der Waals surface area contributed by atoms with Crippen molar-refractivity contribution in [3.63, 3.8) is 0 Å². The smallest absolute Gasteiger partial charge is 0.304 e. The van der Waals surface area contributed by atoms with Gasteiger partial charge in [0.25, 0.3) is 0 Å². The van der Waals surface area contributed by atoms with Crippen LogP contribution in [-0.2, 0) is 4.79 Å². The molecule has 0 bridgehead atoms. The van der Waals surface area contributed by atoms with Crippen LogP contribution in [0.2, 0.25) is 0 Å². The van der Waals surface area contributed by atoms with Gasteiger partial charge in [0.05, 0.1) is 34.1 Å². The van der Waals surface area contributed by atoms with Crippen LogP contribution in [-0.4, -0.2) is 43.4 Å².